The molecular formula is C23H28FN3O2. The van der Waals surface area contributed by atoms with E-state index >= 15 is 0 Å². The van der Waals surface area contributed by atoms with Crippen molar-refractivity contribution in [1.82, 2.24) is 4.90 Å². The first-order valence-electron chi connectivity index (χ1n) is 10.2. The van der Waals surface area contributed by atoms with Gasteiger partial charge >= 0.3 is 0 Å². The summed E-state index contributed by atoms with van der Waals surface area (Å²) in [7, 11) is 0. The molecule has 1 heterocycles. The maximum Gasteiger partial charge on any atom is 0.233 e. The fraction of sp³-hybridized carbons (Fsp3) is 0.391. The molecule has 0 radical (unpaired) electrons. The highest BCUT2D eigenvalue weighted by Gasteiger charge is 2.23. The molecule has 5 nitrogen and oxygen atoms in total. The van der Waals surface area contributed by atoms with Gasteiger partial charge in [-0.05, 0) is 48.2 Å². The average Bonchev–Trinajstić information content (AvgIpc) is 2.74. The number of carbonyl (C=O) groups excluding carboxylic acids is 2. The second-order valence-corrected chi connectivity index (χ2v) is 7.23. The van der Waals surface area contributed by atoms with Crippen molar-refractivity contribution in [3.63, 3.8) is 0 Å². The van der Waals surface area contributed by atoms with Crippen LogP contribution in [0.25, 0.3) is 0 Å². The molecule has 1 fully saturated rings. The fourth-order valence-corrected chi connectivity index (χ4v) is 3.70. The van der Waals surface area contributed by atoms with E-state index in [-0.39, 0.29) is 24.1 Å². The summed E-state index contributed by atoms with van der Waals surface area (Å²) in [5.41, 5.74) is 3.95. The number of halogens is 1. The zero-order chi connectivity index (χ0) is 20.8. The lowest BCUT2D eigenvalue weighted by Crippen LogP contribution is -2.49. The molecular weight excluding hydrogens is 369 g/mol. The summed E-state index contributed by atoms with van der Waals surface area (Å²) in [5.74, 6) is -0.690. The predicted molar refractivity (Wildman–Crippen MR) is 114 cm³/mol. The topological polar surface area (TPSA) is 52.7 Å². The van der Waals surface area contributed by atoms with E-state index in [9.17, 15) is 14.0 Å². The van der Waals surface area contributed by atoms with Crippen LogP contribution in [-0.2, 0) is 22.4 Å². The first-order valence-corrected chi connectivity index (χ1v) is 10.2. The zero-order valence-electron chi connectivity index (χ0n) is 17.1. The van der Waals surface area contributed by atoms with Crippen molar-refractivity contribution >= 4 is 23.2 Å². The largest absolute Gasteiger partial charge is 0.368 e. The molecule has 29 heavy (non-hydrogen) atoms. The Hall–Kier alpha value is -2.89. The molecule has 1 N–H and O–H groups in total. The van der Waals surface area contributed by atoms with Gasteiger partial charge in [-0.3, -0.25) is 9.59 Å². The lowest BCUT2D eigenvalue weighted by Gasteiger charge is -2.36. The van der Waals surface area contributed by atoms with Crippen molar-refractivity contribution in [2.45, 2.75) is 33.1 Å². The Bertz CT molecular complexity index is 837. The molecule has 2 aromatic rings. The molecule has 1 aliphatic rings. The van der Waals surface area contributed by atoms with Gasteiger partial charge in [-0.25, -0.2) is 4.39 Å². The molecule has 0 aliphatic carbocycles. The van der Waals surface area contributed by atoms with Crippen molar-refractivity contribution in [3.8, 4) is 0 Å². The minimum absolute atomic E-state index is 0.155. The summed E-state index contributed by atoms with van der Waals surface area (Å²) in [6.45, 7) is 6.53. The van der Waals surface area contributed by atoms with E-state index in [1.54, 1.807) is 17.0 Å². The molecule has 0 aromatic heterocycles. The van der Waals surface area contributed by atoms with E-state index in [0.29, 0.717) is 26.2 Å². The number of nitrogens with one attached hydrogen (secondary N) is 1. The highest BCUT2D eigenvalue weighted by Crippen LogP contribution is 2.23. The number of aryl methyl sites for hydroxylation is 2. The van der Waals surface area contributed by atoms with Crippen LogP contribution in [0.1, 0.15) is 31.4 Å². The van der Waals surface area contributed by atoms with E-state index in [0.717, 1.165) is 35.3 Å². The van der Waals surface area contributed by atoms with Gasteiger partial charge in [0.25, 0.3) is 0 Å². The Morgan fingerprint density at radius 1 is 0.931 bits per heavy atom. The molecule has 0 spiro atoms. The smallest absolute Gasteiger partial charge is 0.233 e. The third-order valence-corrected chi connectivity index (χ3v) is 5.40. The molecule has 2 aromatic carbocycles. The number of hydrogen-bond acceptors (Lipinski definition) is 3. The molecule has 3 rings (SSSR count). The van der Waals surface area contributed by atoms with Crippen molar-refractivity contribution in [1.29, 1.82) is 0 Å². The average molecular weight is 397 g/mol. The summed E-state index contributed by atoms with van der Waals surface area (Å²) >= 11 is 0. The third kappa shape index (κ3) is 5.13. The Balaban J connectivity index is 1.55. The quantitative estimate of drug-likeness (QED) is 0.758. The minimum Gasteiger partial charge on any atom is -0.368 e. The predicted octanol–water partition coefficient (Wildman–Crippen LogP) is 3.63. The highest BCUT2D eigenvalue weighted by atomic mass is 19.1. The van der Waals surface area contributed by atoms with Crippen LogP contribution in [-0.4, -0.2) is 42.9 Å². The summed E-state index contributed by atoms with van der Waals surface area (Å²) in [6, 6.07) is 12.4. The lowest BCUT2D eigenvalue weighted by atomic mass is 10.0. The number of benzene rings is 2. The summed E-state index contributed by atoms with van der Waals surface area (Å²) in [5, 5.41) is 2.96. The molecule has 0 atom stereocenters. The monoisotopic (exact) mass is 397 g/mol. The van der Waals surface area contributed by atoms with Crippen LogP contribution in [0.3, 0.4) is 0 Å². The number of amides is 2. The van der Waals surface area contributed by atoms with Crippen LogP contribution in [0, 0.1) is 5.82 Å². The molecule has 1 saturated heterocycles. The van der Waals surface area contributed by atoms with Crippen LogP contribution in [0.2, 0.25) is 0 Å². The van der Waals surface area contributed by atoms with Crippen LogP contribution < -0.4 is 10.2 Å². The second kappa shape index (κ2) is 9.54. The van der Waals surface area contributed by atoms with Crippen LogP contribution >= 0.6 is 0 Å². The van der Waals surface area contributed by atoms with Gasteiger partial charge in [0.15, 0.2) is 0 Å². The molecule has 2 amide bonds. The highest BCUT2D eigenvalue weighted by molar-refractivity contribution is 6.04. The minimum atomic E-state index is -0.272. The van der Waals surface area contributed by atoms with Crippen LogP contribution in [0.15, 0.2) is 42.5 Å². The van der Waals surface area contributed by atoms with E-state index < -0.39 is 0 Å². The molecule has 1 aliphatic heterocycles. The molecule has 0 unspecified atom stereocenters. The number of carbonyl (C=O) groups is 2. The normalized spacial score (nSPS) is 14.0. The van der Waals surface area contributed by atoms with E-state index in [1.807, 2.05) is 18.2 Å². The Morgan fingerprint density at radius 3 is 2.07 bits per heavy atom. The maximum atomic E-state index is 13.1. The number of nitrogens with zero attached hydrogens (tertiary/aromatic N) is 2. The Kier molecular flexibility index (Phi) is 6.86. The number of para-hydroxylation sites is 1. The second-order valence-electron chi connectivity index (χ2n) is 7.23. The van der Waals surface area contributed by atoms with Gasteiger partial charge < -0.3 is 15.1 Å². The van der Waals surface area contributed by atoms with Crippen LogP contribution in [0.4, 0.5) is 15.8 Å². The van der Waals surface area contributed by atoms with Gasteiger partial charge in [0, 0.05) is 37.6 Å². The third-order valence-electron chi connectivity index (χ3n) is 5.40. The van der Waals surface area contributed by atoms with Gasteiger partial charge in [-0.1, -0.05) is 32.0 Å². The van der Waals surface area contributed by atoms with Crippen molar-refractivity contribution < 1.29 is 14.0 Å². The SMILES string of the molecule is CCc1cccc(CC)c1NC(=O)CC(=O)N1CCN(c2ccc(F)cc2)CC1. The van der Waals surface area contributed by atoms with Crippen molar-refractivity contribution in [2.24, 2.45) is 0 Å². The van der Waals surface area contributed by atoms with E-state index in [2.05, 4.69) is 24.1 Å². The van der Waals surface area contributed by atoms with Crippen LogP contribution in [0.5, 0.6) is 0 Å². The van der Waals surface area contributed by atoms with Gasteiger partial charge in [-0.15, -0.1) is 0 Å². The van der Waals surface area contributed by atoms with E-state index in [1.165, 1.54) is 12.1 Å². The standard InChI is InChI=1S/C23H28FN3O2/c1-3-17-6-5-7-18(4-2)23(17)25-21(28)16-22(29)27-14-12-26(13-15-27)20-10-8-19(24)9-11-20/h5-11H,3-4,12-16H2,1-2H3,(H,25,28). The first kappa shape index (κ1) is 20.8. The van der Waals surface area contributed by atoms with Gasteiger partial charge in [-0.2, -0.15) is 0 Å². The van der Waals surface area contributed by atoms with Gasteiger partial charge in [0.05, 0.1) is 0 Å². The Labute approximate surface area is 171 Å². The molecule has 0 bridgehead atoms. The molecule has 154 valence electrons. The summed E-state index contributed by atoms with van der Waals surface area (Å²) in [6.07, 6.45) is 1.49. The number of rotatable bonds is 6. The van der Waals surface area contributed by atoms with Gasteiger partial charge in [0.1, 0.15) is 12.2 Å². The van der Waals surface area contributed by atoms with Crippen molar-refractivity contribution in [2.75, 3.05) is 36.4 Å². The first-order chi connectivity index (χ1) is 14.0. The van der Waals surface area contributed by atoms with E-state index in [4.69, 9.17) is 0 Å². The number of anilines is 2. The lowest BCUT2D eigenvalue weighted by molar-refractivity contribution is -0.134. The number of hydrogen-bond donors (Lipinski definition) is 1. The summed E-state index contributed by atoms with van der Waals surface area (Å²) < 4.78 is 13.1. The fourth-order valence-electron chi connectivity index (χ4n) is 3.70. The van der Waals surface area contributed by atoms with Crippen molar-refractivity contribution in [3.05, 3.63) is 59.4 Å². The molecule has 0 saturated carbocycles. The Morgan fingerprint density at radius 2 is 1.52 bits per heavy atom. The molecule has 6 heteroatoms. The zero-order valence-corrected chi connectivity index (χ0v) is 17.1. The maximum absolute atomic E-state index is 13.1. The van der Waals surface area contributed by atoms with Gasteiger partial charge in [0.2, 0.25) is 11.8 Å². The summed E-state index contributed by atoms with van der Waals surface area (Å²) in [4.78, 5) is 29.0. The number of piperazine rings is 1.